The highest BCUT2D eigenvalue weighted by Gasteiger charge is 2.57. The first kappa shape index (κ1) is 18.6. The van der Waals surface area contributed by atoms with Gasteiger partial charge in [-0.15, -0.1) is 6.58 Å². The lowest BCUT2D eigenvalue weighted by molar-refractivity contribution is -0.126. The third-order valence-corrected chi connectivity index (χ3v) is 6.13. The predicted octanol–water partition coefficient (Wildman–Crippen LogP) is 4.00. The van der Waals surface area contributed by atoms with Crippen LogP contribution in [0.15, 0.2) is 61.3 Å². The molecule has 1 spiro atoms. The Bertz CT molecular complexity index is 1210. The van der Waals surface area contributed by atoms with Crippen molar-refractivity contribution in [3.8, 4) is 5.69 Å². The number of carbonyl (C=O) groups is 2. The van der Waals surface area contributed by atoms with Crippen LogP contribution in [-0.2, 0) is 15.0 Å². The van der Waals surface area contributed by atoms with Crippen molar-refractivity contribution in [3.63, 3.8) is 0 Å². The van der Waals surface area contributed by atoms with Crippen LogP contribution in [0.5, 0.6) is 0 Å². The molecule has 1 aromatic heterocycles. The number of halogens is 1. The number of rotatable bonds is 3. The molecule has 2 amide bonds. The average Bonchev–Trinajstić information content (AvgIpc) is 3.24. The summed E-state index contributed by atoms with van der Waals surface area (Å²) in [5.41, 5.74) is 3.00. The number of para-hydroxylation sites is 1. The fraction of sp³-hybridized carbons (Fsp3) is 0.174. The highest BCUT2D eigenvalue weighted by atomic mass is 35.5. The largest absolute Gasteiger partial charge is 0.310 e. The average molecular weight is 419 g/mol. The van der Waals surface area contributed by atoms with Gasteiger partial charge in [-0.1, -0.05) is 35.9 Å². The van der Waals surface area contributed by atoms with Crippen molar-refractivity contribution in [2.24, 2.45) is 0 Å². The topological polar surface area (TPSA) is 67.2 Å². The molecule has 3 heterocycles. The highest BCUT2D eigenvalue weighted by Crippen LogP contribution is 2.53. The molecule has 1 atom stereocenters. The summed E-state index contributed by atoms with van der Waals surface area (Å²) in [6, 6.07) is 13.0. The van der Waals surface area contributed by atoms with Gasteiger partial charge in [-0.05, 0) is 42.3 Å². The van der Waals surface area contributed by atoms with Gasteiger partial charge in [0.15, 0.2) is 0 Å². The highest BCUT2D eigenvalue weighted by molar-refractivity contribution is 6.30. The Morgan fingerprint density at radius 2 is 1.97 bits per heavy atom. The molecule has 0 fully saturated rings. The molecule has 1 unspecified atom stereocenters. The summed E-state index contributed by atoms with van der Waals surface area (Å²) in [5.74, 6) is 0.160. The molecule has 2 aromatic carbocycles. The van der Waals surface area contributed by atoms with E-state index in [9.17, 15) is 9.59 Å². The van der Waals surface area contributed by atoms with E-state index in [1.54, 1.807) is 34.0 Å². The molecule has 5 rings (SSSR count). The van der Waals surface area contributed by atoms with E-state index in [0.29, 0.717) is 22.9 Å². The van der Waals surface area contributed by atoms with Crippen molar-refractivity contribution in [1.82, 2.24) is 9.78 Å². The summed E-state index contributed by atoms with van der Waals surface area (Å²) in [6.45, 7) is 6.15. The molecule has 0 radical (unpaired) electrons. The predicted molar refractivity (Wildman–Crippen MR) is 116 cm³/mol. The summed E-state index contributed by atoms with van der Waals surface area (Å²) in [6.07, 6.45) is 3.42. The molecule has 0 aliphatic carbocycles. The number of benzene rings is 2. The number of nitrogens with zero attached hydrogens (tertiary/aromatic N) is 3. The Balaban J connectivity index is 1.77. The maximum absolute atomic E-state index is 13.8. The minimum Gasteiger partial charge on any atom is -0.310 e. The minimum atomic E-state index is -1.10. The molecule has 0 bridgehead atoms. The smallest absolute Gasteiger partial charge is 0.243 e. The second kappa shape index (κ2) is 6.57. The van der Waals surface area contributed by atoms with Crippen molar-refractivity contribution >= 4 is 34.9 Å². The molecule has 0 saturated heterocycles. The number of aromatic nitrogens is 2. The van der Waals surface area contributed by atoms with E-state index in [4.69, 9.17) is 11.6 Å². The van der Waals surface area contributed by atoms with Gasteiger partial charge in [0, 0.05) is 23.6 Å². The van der Waals surface area contributed by atoms with Crippen LogP contribution >= 0.6 is 11.6 Å². The quantitative estimate of drug-likeness (QED) is 0.654. The van der Waals surface area contributed by atoms with E-state index < -0.39 is 5.41 Å². The SMILES string of the molecule is C=CCN1C(=O)C2(CC(=O)Nc3c2cnn3-c2ccc(Cl)cc2)c2cccc(C)c21. The Kier molecular flexibility index (Phi) is 4.08. The van der Waals surface area contributed by atoms with Crippen molar-refractivity contribution in [2.75, 3.05) is 16.8 Å². The fourth-order valence-electron chi connectivity index (χ4n) is 4.61. The number of fused-ring (bicyclic) bond motifs is 4. The zero-order valence-corrected chi connectivity index (χ0v) is 17.1. The van der Waals surface area contributed by atoms with E-state index in [-0.39, 0.29) is 18.2 Å². The lowest BCUT2D eigenvalue weighted by Crippen LogP contribution is -2.46. The number of anilines is 2. The Morgan fingerprint density at radius 1 is 1.20 bits per heavy atom. The summed E-state index contributed by atoms with van der Waals surface area (Å²) >= 11 is 6.02. The molecular formula is C23H19ClN4O2. The number of hydrogen-bond acceptors (Lipinski definition) is 3. The zero-order valence-electron chi connectivity index (χ0n) is 16.4. The summed E-state index contributed by atoms with van der Waals surface area (Å²) in [4.78, 5) is 28.4. The molecule has 1 N–H and O–H groups in total. The van der Waals surface area contributed by atoms with Crippen LogP contribution in [0.4, 0.5) is 11.5 Å². The van der Waals surface area contributed by atoms with Crippen LogP contribution in [0.2, 0.25) is 5.02 Å². The molecule has 6 nitrogen and oxygen atoms in total. The summed E-state index contributed by atoms with van der Waals surface area (Å²) < 4.78 is 1.64. The van der Waals surface area contributed by atoms with Crippen molar-refractivity contribution in [2.45, 2.75) is 18.8 Å². The first-order chi connectivity index (χ1) is 14.5. The number of carbonyl (C=O) groups excluding carboxylic acids is 2. The van der Waals surface area contributed by atoms with Gasteiger partial charge in [0.25, 0.3) is 0 Å². The van der Waals surface area contributed by atoms with E-state index in [1.807, 2.05) is 37.3 Å². The third kappa shape index (κ3) is 2.40. The van der Waals surface area contributed by atoms with Gasteiger partial charge < -0.3 is 10.2 Å². The minimum absolute atomic E-state index is 0.0369. The second-order valence-electron chi connectivity index (χ2n) is 7.60. The monoisotopic (exact) mass is 418 g/mol. The van der Waals surface area contributed by atoms with Crippen LogP contribution in [0, 0.1) is 6.92 Å². The van der Waals surface area contributed by atoms with Gasteiger partial charge in [0.1, 0.15) is 11.2 Å². The summed E-state index contributed by atoms with van der Waals surface area (Å²) in [5, 5.41) is 8.05. The van der Waals surface area contributed by atoms with Gasteiger partial charge >= 0.3 is 0 Å². The van der Waals surface area contributed by atoms with Gasteiger partial charge in [-0.3, -0.25) is 9.59 Å². The van der Waals surface area contributed by atoms with Crippen molar-refractivity contribution < 1.29 is 9.59 Å². The third-order valence-electron chi connectivity index (χ3n) is 5.87. The van der Waals surface area contributed by atoms with E-state index in [1.165, 1.54) is 0 Å². The first-order valence-corrected chi connectivity index (χ1v) is 10.0. The van der Waals surface area contributed by atoms with Crippen LogP contribution < -0.4 is 10.2 Å². The number of hydrogen-bond donors (Lipinski definition) is 1. The number of amides is 2. The number of aryl methyl sites for hydroxylation is 1. The Hall–Kier alpha value is -3.38. The Labute approximate surface area is 178 Å². The molecule has 30 heavy (non-hydrogen) atoms. The number of nitrogens with one attached hydrogen (secondary N) is 1. The Morgan fingerprint density at radius 3 is 2.70 bits per heavy atom. The van der Waals surface area contributed by atoms with Crippen molar-refractivity contribution in [1.29, 1.82) is 0 Å². The molecule has 3 aromatic rings. The molecular weight excluding hydrogens is 400 g/mol. The lowest BCUT2D eigenvalue weighted by atomic mass is 9.71. The van der Waals surface area contributed by atoms with E-state index in [0.717, 1.165) is 22.5 Å². The second-order valence-corrected chi connectivity index (χ2v) is 8.04. The van der Waals surface area contributed by atoms with Gasteiger partial charge in [0.2, 0.25) is 11.8 Å². The fourth-order valence-corrected chi connectivity index (χ4v) is 4.74. The molecule has 150 valence electrons. The molecule has 2 aliphatic rings. The molecule has 7 heteroatoms. The maximum atomic E-state index is 13.8. The van der Waals surface area contributed by atoms with Crippen molar-refractivity contribution in [3.05, 3.63) is 83.0 Å². The maximum Gasteiger partial charge on any atom is 0.243 e. The first-order valence-electron chi connectivity index (χ1n) is 9.64. The van der Waals surface area contributed by atoms with E-state index >= 15 is 0 Å². The zero-order chi connectivity index (χ0) is 21.0. The summed E-state index contributed by atoms with van der Waals surface area (Å²) in [7, 11) is 0. The van der Waals surface area contributed by atoms with Gasteiger partial charge in [-0.2, -0.15) is 5.10 Å². The van der Waals surface area contributed by atoms with Gasteiger partial charge in [0.05, 0.1) is 17.6 Å². The van der Waals surface area contributed by atoms with Crippen LogP contribution in [-0.4, -0.2) is 28.1 Å². The standard InChI is InChI=1S/C23H19ClN4O2/c1-3-11-27-20-14(2)5-4-6-17(20)23(22(27)30)12-19(29)26-21-18(23)13-25-28(21)16-9-7-15(24)8-10-16/h3-10,13H,1,11-12H2,2H3,(H,26,29). The van der Waals surface area contributed by atoms with Crippen LogP contribution in [0.25, 0.3) is 5.69 Å². The van der Waals surface area contributed by atoms with Crippen LogP contribution in [0.1, 0.15) is 23.1 Å². The van der Waals surface area contributed by atoms with Crippen LogP contribution in [0.3, 0.4) is 0 Å². The lowest BCUT2D eigenvalue weighted by Gasteiger charge is -2.32. The van der Waals surface area contributed by atoms with E-state index in [2.05, 4.69) is 17.0 Å². The molecule has 2 aliphatic heterocycles. The molecule has 0 saturated carbocycles. The normalized spacial score (nSPS) is 19.6. The van der Waals surface area contributed by atoms with Gasteiger partial charge in [-0.25, -0.2) is 4.68 Å².